The third-order valence-electron chi connectivity index (χ3n) is 3.37. The first-order chi connectivity index (χ1) is 9.11. The summed E-state index contributed by atoms with van der Waals surface area (Å²) in [6.07, 6.45) is 2.59. The quantitative estimate of drug-likeness (QED) is 0.907. The second-order valence-corrected chi connectivity index (χ2v) is 5.38. The minimum absolute atomic E-state index is 0. The average Bonchev–Trinajstić information content (AvgIpc) is 2.76. The Labute approximate surface area is 127 Å². The largest absolute Gasteiger partial charge is 0.326 e. The SMILES string of the molecule is Cl.N[C@@H]1CCN(Cc2cc(=O)n3cc(Cl)ccc3n2)C1. The second-order valence-electron chi connectivity index (χ2n) is 4.95. The molecule has 3 rings (SSSR count). The van der Waals surface area contributed by atoms with E-state index < -0.39 is 0 Å². The Bertz CT molecular complexity index is 673. The third-order valence-corrected chi connectivity index (χ3v) is 3.59. The van der Waals surface area contributed by atoms with Crippen LogP contribution in [0.25, 0.3) is 5.65 Å². The molecule has 0 saturated carbocycles. The van der Waals surface area contributed by atoms with Crippen molar-refractivity contribution in [3.8, 4) is 0 Å². The number of halogens is 2. The minimum Gasteiger partial charge on any atom is -0.326 e. The van der Waals surface area contributed by atoms with Crippen LogP contribution < -0.4 is 11.3 Å². The lowest BCUT2D eigenvalue weighted by atomic mass is 10.3. The summed E-state index contributed by atoms with van der Waals surface area (Å²) in [4.78, 5) is 18.7. The Kier molecular flexibility index (Phi) is 4.65. The fraction of sp³-hybridized carbons (Fsp3) is 0.385. The molecule has 1 aliphatic rings. The van der Waals surface area contributed by atoms with E-state index in [1.807, 2.05) is 0 Å². The van der Waals surface area contributed by atoms with E-state index in [-0.39, 0.29) is 24.0 Å². The fourth-order valence-electron chi connectivity index (χ4n) is 2.44. The van der Waals surface area contributed by atoms with Gasteiger partial charge in [-0.3, -0.25) is 14.1 Å². The third kappa shape index (κ3) is 3.12. The summed E-state index contributed by atoms with van der Waals surface area (Å²) in [5.74, 6) is 0. The maximum absolute atomic E-state index is 12.0. The molecule has 1 fully saturated rings. The highest BCUT2D eigenvalue weighted by molar-refractivity contribution is 6.30. The Morgan fingerprint density at radius 1 is 1.45 bits per heavy atom. The molecule has 20 heavy (non-hydrogen) atoms. The number of hydrogen-bond donors (Lipinski definition) is 1. The van der Waals surface area contributed by atoms with Gasteiger partial charge in [-0.2, -0.15) is 0 Å². The van der Waals surface area contributed by atoms with Crippen molar-refractivity contribution in [2.24, 2.45) is 5.73 Å². The monoisotopic (exact) mass is 314 g/mol. The van der Waals surface area contributed by atoms with E-state index in [1.54, 1.807) is 24.4 Å². The van der Waals surface area contributed by atoms with Crippen LogP contribution in [0, 0.1) is 0 Å². The first kappa shape index (κ1) is 15.3. The molecule has 2 N–H and O–H groups in total. The molecule has 0 amide bonds. The summed E-state index contributed by atoms with van der Waals surface area (Å²) in [6.45, 7) is 2.49. The van der Waals surface area contributed by atoms with Crippen molar-refractivity contribution in [3.05, 3.63) is 45.5 Å². The molecule has 1 saturated heterocycles. The summed E-state index contributed by atoms with van der Waals surface area (Å²) in [6, 6.07) is 5.29. The Morgan fingerprint density at radius 3 is 2.95 bits per heavy atom. The van der Waals surface area contributed by atoms with Crippen molar-refractivity contribution in [1.29, 1.82) is 0 Å². The highest BCUT2D eigenvalue weighted by Gasteiger charge is 2.19. The van der Waals surface area contributed by atoms with Gasteiger partial charge in [0.15, 0.2) is 0 Å². The second kappa shape index (κ2) is 6.10. The molecular formula is C13H16Cl2N4O. The van der Waals surface area contributed by atoms with Crippen LogP contribution >= 0.6 is 24.0 Å². The molecule has 3 heterocycles. The number of fused-ring (bicyclic) bond motifs is 1. The van der Waals surface area contributed by atoms with Crippen LogP contribution in [0.15, 0.2) is 29.2 Å². The van der Waals surface area contributed by atoms with Crippen LogP contribution in [0.3, 0.4) is 0 Å². The van der Waals surface area contributed by atoms with Gasteiger partial charge in [0.05, 0.1) is 10.7 Å². The van der Waals surface area contributed by atoms with Gasteiger partial charge >= 0.3 is 0 Å². The smallest absolute Gasteiger partial charge is 0.258 e. The molecule has 108 valence electrons. The Balaban J connectivity index is 0.00000147. The lowest BCUT2D eigenvalue weighted by Crippen LogP contribution is -2.27. The van der Waals surface area contributed by atoms with Gasteiger partial charge in [-0.25, -0.2) is 4.98 Å². The van der Waals surface area contributed by atoms with Crippen LogP contribution in [0.2, 0.25) is 5.02 Å². The van der Waals surface area contributed by atoms with Gasteiger partial charge < -0.3 is 5.73 Å². The maximum atomic E-state index is 12.0. The molecular weight excluding hydrogens is 299 g/mol. The summed E-state index contributed by atoms with van der Waals surface area (Å²) in [7, 11) is 0. The molecule has 7 heteroatoms. The van der Waals surface area contributed by atoms with Crippen LogP contribution in [0.4, 0.5) is 0 Å². The van der Waals surface area contributed by atoms with Crippen molar-refractivity contribution < 1.29 is 0 Å². The fourth-order valence-corrected chi connectivity index (χ4v) is 2.60. The topological polar surface area (TPSA) is 63.6 Å². The molecule has 2 aromatic rings. The van der Waals surface area contributed by atoms with Gasteiger partial charge in [0.1, 0.15) is 5.65 Å². The highest BCUT2D eigenvalue weighted by Crippen LogP contribution is 2.12. The summed E-state index contributed by atoms with van der Waals surface area (Å²) in [5.41, 5.74) is 7.17. The van der Waals surface area contributed by atoms with Gasteiger partial charge in [-0.05, 0) is 18.6 Å². The number of pyridine rings is 1. The molecule has 0 bridgehead atoms. The van der Waals surface area contributed by atoms with Crippen molar-refractivity contribution in [1.82, 2.24) is 14.3 Å². The van der Waals surface area contributed by atoms with Gasteiger partial charge in [-0.1, -0.05) is 11.6 Å². The zero-order chi connectivity index (χ0) is 13.4. The zero-order valence-electron chi connectivity index (χ0n) is 10.8. The molecule has 1 aliphatic heterocycles. The van der Waals surface area contributed by atoms with Gasteiger partial charge in [0, 0.05) is 37.9 Å². The lowest BCUT2D eigenvalue weighted by Gasteiger charge is -2.14. The molecule has 0 aliphatic carbocycles. The van der Waals surface area contributed by atoms with Crippen LogP contribution in [-0.2, 0) is 6.54 Å². The van der Waals surface area contributed by atoms with E-state index in [0.717, 1.165) is 25.2 Å². The first-order valence-electron chi connectivity index (χ1n) is 6.27. The molecule has 0 aromatic carbocycles. The maximum Gasteiger partial charge on any atom is 0.258 e. The molecule has 0 radical (unpaired) electrons. The molecule has 1 atom stereocenters. The molecule has 0 spiro atoms. The number of rotatable bonds is 2. The Morgan fingerprint density at radius 2 is 2.25 bits per heavy atom. The predicted octanol–water partition coefficient (Wildman–Crippen LogP) is 1.30. The van der Waals surface area contributed by atoms with E-state index in [9.17, 15) is 4.79 Å². The number of nitrogens with zero attached hydrogens (tertiary/aromatic N) is 3. The lowest BCUT2D eigenvalue weighted by molar-refractivity contribution is 0.323. The summed E-state index contributed by atoms with van der Waals surface area (Å²) in [5, 5.41) is 0.523. The van der Waals surface area contributed by atoms with Crippen LogP contribution in [0.5, 0.6) is 0 Å². The summed E-state index contributed by atoms with van der Waals surface area (Å²) >= 11 is 5.87. The average molecular weight is 315 g/mol. The first-order valence-corrected chi connectivity index (χ1v) is 6.65. The standard InChI is InChI=1S/C13H15ClN4O.ClH/c14-9-1-2-12-16-11(5-13(19)18(12)6-9)8-17-4-3-10(15)7-17;/h1-2,5-6,10H,3-4,7-8,15H2;1H/t10-;/m1./s1. The van der Waals surface area contributed by atoms with Gasteiger partial charge in [0.2, 0.25) is 0 Å². The molecule has 2 aromatic heterocycles. The van der Waals surface area contributed by atoms with E-state index in [1.165, 1.54) is 4.40 Å². The van der Waals surface area contributed by atoms with Crippen LogP contribution in [0.1, 0.15) is 12.1 Å². The zero-order valence-corrected chi connectivity index (χ0v) is 12.4. The van der Waals surface area contributed by atoms with Gasteiger partial charge in [0.25, 0.3) is 5.56 Å². The predicted molar refractivity (Wildman–Crippen MR) is 81.6 cm³/mol. The van der Waals surface area contributed by atoms with Crippen molar-refractivity contribution >= 4 is 29.7 Å². The van der Waals surface area contributed by atoms with Crippen molar-refractivity contribution in [2.75, 3.05) is 13.1 Å². The van der Waals surface area contributed by atoms with Crippen molar-refractivity contribution in [2.45, 2.75) is 19.0 Å². The molecule has 0 unspecified atom stereocenters. The summed E-state index contributed by atoms with van der Waals surface area (Å²) < 4.78 is 1.46. The highest BCUT2D eigenvalue weighted by atomic mass is 35.5. The molecule has 5 nitrogen and oxygen atoms in total. The van der Waals surface area contributed by atoms with E-state index in [4.69, 9.17) is 17.3 Å². The van der Waals surface area contributed by atoms with Crippen LogP contribution in [-0.4, -0.2) is 33.4 Å². The number of aromatic nitrogens is 2. The van der Waals surface area contributed by atoms with E-state index in [0.29, 0.717) is 17.2 Å². The number of likely N-dealkylation sites (tertiary alicyclic amines) is 1. The van der Waals surface area contributed by atoms with Crippen molar-refractivity contribution in [3.63, 3.8) is 0 Å². The number of hydrogen-bond acceptors (Lipinski definition) is 4. The minimum atomic E-state index is -0.106. The number of nitrogens with two attached hydrogens (primary N) is 1. The van der Waals surface area contributed by atoms with E-state index in [2.05, 4.69) is 9.88 Å². The van der Waals surface area contributed by atoms with Gasteiger partial charge in [-0.15, -0.1) is 12.4 Å². The van der Waals surface area contributed by atoms with E-state index >= 15 is 0 Å². The Hall–Kier alpha value is -1.14. The normalized spacial score (nSPS) is 19.2.